The number of aromatic nitrogens is 2. The number of nitrogens with zero attached hydrogens (tertiary/aromatic N) is 2. The van der Waals surface area contributed by atoms with E-state index >= 15 is 0 Å². The fourth-order valence-corrected chi connectivity index (χ4v) is 2.57. The van der Waals surface area contributed by atoms with E-state index in [4.69, 9.17) is 15.0 Å². The second kappa shape index (κ2) is 5.34. The fourth-order valence-electron chi connectivity index (χ4n) is 1.96. The summed E-state index contributed by atoms with van der Waals surface area (Å²) in [6.45, 7) is 2.59. The van der Waals surface area contributed by atoms with Gasteiger partial charge in [0.05, 0.1) is 22.6 Å². The van der Waals surface area contributed by atoms with Crippen LogP contribution >= 0.6 is 11.3 Å². The van der Waals surface area contributed by atoms with Gasteiger partial charge < -0.3 is 15.0 Å². The number of nitrogens with two attached hydrogens (primary N) is 1. The molecular weight excluding hydrogens is 274 g/mol. The highest BCUT2D eigenvalue weighted by Crippen LogP contribution is 2.38. The molecule has 0 aliphatic rings. The van der Waals surface area contributed by atoms with Crippen molar-refractivity contribution in [1.82, 2.24) is 10.1 Å². The van der Waals surface area contributed by atoms with Crippen molar-refractivity contribution in [2.24, 2.45) is 0 Å². The van der Waals surface area contributed by atoms with E-state index < -0.39 is 0 Å². The van der Waals surface area contributed by atoms with E-state index in [9.17, 15) is 0 Å². The second-order valence-corrected chi connectivity index (χ2v) is 4.98. The van der Waals surface area contributed by atoms with Crippen LogP contribution in [0.1, 0.15) is 6.92 Å². The van der Waals surface area contributed by atoms with E-state index in [1.54, 1.807) is 11.7 Å². The third kappa shape index (κ3) is 2.25. The van der Waals surface area contributed by atoms with Crippen molar-refractivity contribution >= 4 is 17.2 Å². The van der Waals surface area contributed by atoms with E-state index in [-0.39, 0.29) is 0 Å². The number of ether oxygens (including phenoxy) is 1. The Bertz CT molecular complexity index is 690. The molecule has 0 radical (unpaired) electrons. The maximum absolute atomic E-state index is 5.92. The largest absolute Gasteiger partial charge is 0.494 e. The van der Waals surface area contributed by atoms with Gasteiger partial charge in [0, 0.05) is 6.20 Å². The zero-order valence-corrected chi connectivity index (χ0v) is 11.7. The van der Waals surface area contributed by atoms with Crippen LogP contribution in [0.5, 0.6) is 5.75 Å². The zero-order valence-electron chi connectivity index (χ0n) is 10.9. The van der Waals surface area contributed by atoms with Crippen molar-refractivity contribution in [2.75, 3.05) is 12.3 Å². The predicted molar refractivity (Wildman–Crippen MR) is 78.6 cm³/mol. The molecular formula is C14H13N3O2S. The number of benzene rings is 1. The van der Waals surface area contributed by atoms with Gasteiger partial charge in [-0.3, -0.25) is 4.98 Å². The number of thiazole rings is 1. The van der Waals surface area contributed by atoms with Crippen molar-refractivity contribution in [1.29, 1.82) is 0 Å². The molecule has 0 aliphatic heterocycles. The standard InChI is InChI=1S/C14H13N3O2S/c1-2-18-10-5-3-9(4-6-10)12-13(19-17-14(12)15)11-7-16-8-20-11/h3-8H,2H2,1H3,(H2,15,17). The van der Waals surface area contributed by atoms with Crippen LogP contribution in [0.4, 0.5) is 5.82 Å². The molecule has 0 atom stereocenters. The molecule has 6 heteroatoms. The van der Waals surface area contributed by atoms with Gasteiger partial charge in [-0.1, -0.05) is 17.3 Å². The normalized spacial score (nSPS) is 10.7. The minimum atomic E-state index is 0.373. The molecule has 0 aliphatic carbocycles. The molecule has 0 saturated carbocycles. The van der Waals surface area contributed by atoms with Gasteiger partial charge in [0.2, 0.25) is 0 Å². The third-order valence-corrected chi connectivity index (χ3v) is 3.60. The van der Waals surface area contributed by atoms with Gasteiger partial charge in [-0.15, -0.1) is 11.3 Å². The molecule has 0 fully saturated rings. The van der Waals surface area contributed by atoms with Gasteiger partial charge in [0.15, 0.2) is 11.6 Å². The Morgan fingerprint density at radius 3 is 2.75 bits per heavy atom. The molecule has 3 rings (SSSR count). The highest BCUT2D eigenvalue weighted by molar-refractivity contribution is 7.13. The zero-order chi connectivity index (χ0) is 13.9. The number of nitrogen functional groups attached to an aromatic ring is 1. The maximum atomic E-state index is 5.92. The van der Waals surface area contributed by atoms with E-state index in [1.165, 1.54) is 11.3 Å². The summed E-state index contributed by atoms with van der Waals surface area (Å²) >= 11 is 1.48. The molecule has 1 aromatic carbocycles. The predicted octanol–water partition coefficient (Wildman–Crippen LogP) is 3.45. The van der Waals surface area contributed by atoms with E-state index in [0.29, 0.717) is 18.2 Å². The summed E-state index contributed by atoms with van der Waals surface area (Å²) in [5, 5.41) is 3.86. The van der Waals surface area contributed by atoms with E-state index in [0.717, 1.165) is 21.8 Å². The van der Waals surface area contributed by atoms with Crippen LogP contribution < -0.4 is 10.5 Å². The van der Waals surface area contributed by atoms with Crippen LogP contribution in [0, 0.1) is 0 Å². The van der Waals surface area contributed by atoms with Gasteiger partial charge in [-0.25, -0.2) is 0 Å². The fraction of sp³-hybridized carbons (Fsp3) is 0.143. The lowest BCUT2D eigenvalue weighted by Gasteiger charge is -2.05. The third-order valence-electron chi connectivity index (χ3n) is 2.83. The summed E-state index contributed by atoms with van der Waals surface area (Å²) in [5.41, 5.74) is 9.40. The first kappa shape index (κ1) is 12.7. The number of hydrogen-bond donors (Lipinski definition) is 1. The molecule has 2 N–H and O–H groups in total. The lowest BCUT2D eigenvalue weighted by molar-refractivity contribution is 0.340. The van der Waals surface area contributed by atoms with Crippen molar-refractivity contribution in [3.8, 4) is 27.5 Å². The molecule has 20 heavy (non-hydrogen) atoms. The smallest absolute Gasteiger partial charge is 0.188 e. The average Bonchev–Trinajstić information content (AvgIpc) is 3.09. The highest BCUT2D eigenvalue weighted by atomic mass is 32.1. The molecule has 5 nitrogen and oxygen atoms in total. The van der Waals surface area contributed by atoms with E-state index in [2.05, 4.69) is 10.1 Å². The first-order valence-corrected chi connectivity index (χ1v) is 7.04. The van der Waals surface area contributed by atoms with Gasteiger partial charge in [-0.05, 0) is 24.6 Å². The number of hydrogen-bond acceptors (Lipinski definition) is 6. The molecule has 0 amide bonds. The second-order valence-electron chi connectivity index (χ2n) is 4.10. The van der Waals surface area contributed by atoms with Crippen LogP contribution in [0.3, 0.4) is 0 Å². The molecule has 2 heterocycles. The molecule has 0 unspecified atom stereocenters. The van der Waals surface area contributed by atoms with Crippen LogP contribution in [0.2, 0.25) is 0 Å². The van der Waals surface area contributed by atoms with Gasteiger partial charge in [0.25, 0.3) is 0 Å². The molecule has 102 valence electrons. The minimum Gasteiger partial charge on any atom is -0.494 e. The van der Waals surface area contributed by atoms with Crippen LogP contribution in [-0.4, -0.2) is 16.7 Å². The first-order chi connectivity index (χ1) is 9.79. The Morgan fingerprint density at radius 2 is 2.10 bits per heavy atom. The van der Waals surface area contributed by atoms with Crippen LogP contribution in [-0.2, 0) is 0 Å². The average molecular weight is 287 g/mol. The lowest BCUT2D eigenvalue weighted by atomic mass is 10.1. The van der Waals surface area contributed by atoms with Crippen molar-refractivity contribution in [3.63, 3.8) is 0 Å². The maximum Gasteiger partial charge on any atom is 0.188 e. The summed E-state index contributed by atoms with van der Waals surface area (Å²) in [4.78, 5) is 4.95. The topological polar surface area (TPSA) is 74.2 Å². The van der Waals surface area contributed by atoms with Gasteiger partial charge >= 0.3 is 0 Å². The lowest BCUT2D eigenvalue weighted by Crippen LogP contribution is -1.92. The Morgan fingerprint density at radius 1 is 1.30 bits per heavy atom. The highest BCUT2D eigenvalue weighted by Gasteiger charge is 2.18. The first-order valence-electron chi connectivity index (χ1n) is 6.17. The van der Waals surface area contributed by atoms with Crippen molar-refractivity contribution in [3.05, 3.63) is 36.0 Å². The Labute approximate surface area is 120 Å². The summed E-state index contributed by atoms with van der Waals surface area (Å²) in [6.07, 6.45) is 1.74. The summed E-state index contributed by atoms with van der Waals surface area (Å²) in [5.74, 6) is 1.84. The van der Waals surface area contributed by atoms with Crippen molar-refractivity contribution in [2.45, 2.75) is 6.92 Å². The Kier molecular flexibility index (Phi) is 3.39. The summed E-state index contributed by atoms with van der Waals surface area (Å²) < 4.78 is 10.8. The van der Waals surface area contributed by atoms with Gasteiger partial charge in [0.1, 0.15) is 5.75 Å². The number of rotatable bonds is 4. The van der Waals surface area contributed by atoms with Gasteiger partial charge in [-0.2, -0.15) is 0 Å². The minimum absolute atomic E-state index is 0.373. The quantitative estimate of drug-likeness (QED) is 0.795. The summed E-state index contributed by atoms with van der Waals surface area (Å²) in [6, 6.07) is 7.69. The van der Waals surface area contributed by atoms with Crippen LogP contribution in [0.25, 0.3) is 21.8 Å². The van der Waals surface area contributed by atoms with Crippen molar-refractivity contribution < 1.29 is 9.26 Å². The number of anilines is 1. The Hall–Kier alpha value is -2.34. The molecule has 0 spiro atoms. The Balaban J connectivity index is 2.03. The molecule has 0 saturated heterocycles. The molecule has 2 aromatic heterocycles. The molecule has 3 aromatic rings. The summed E-state index contributed by atoms with van der Waals surface area (Å²) in [7, 11) is 0. The monoisotopic (exact) mass is 287 g/mol. The van der Waals surface area contributed by atoms with E-state index in [1.807, 2.05) is 31.2 Å². The molecule has 0 bridgehead atoms. The SMILES string of the molecule is CCOc1ccc(-c2c(N)noc2-c2cncs2)cc1. The van der Waals surface area contributed by atoms with Crippen LogP contribution in [0.15, 0.2) is 40.5 Å².